The summed E-state index contributed by atoms with van der Waals surface area (Å²) in [7, 11) is 0. The van der Waals surface area contributed by atoms with E-state index in [9.17, 15) is 22.8 Å². The largest absolute Gasteiger partial charge is 0.416 e. The van der Waals surface area contributed by atoms with Gasteiger partial charge in [0.2, 0.25) is 11.8 Å². The zero-order valence-corrected chi connectivity index (χ0v) is 14.5. The van der Waals surface area contributed by atoms with Gasteiger partial charge in [0.25, 0.3) is 0 Å². The molecule has 0 aromatic heterocycles. The minimum Gasteiger partial charge on any atom is -0.355 e. The van der Waals surface area contributed by atoms with Crippen LogP contribution in [-0.2, 0) is 22.2 Å². The predicted molar refractivity (Wildman–Crippen MR) is 90.2 cm³/mol. The van der Waals surface area contributed by atoms with Crippen molar-refractivity contribution in [3.8, 4) is 0 Å². The molecule has 1 aliphatic carbocycles. The molecule has 2 fully saturated rings. The fourth-order valence-electron chi connectivity index (χ4n) is 3.81. The highest BCUT2D eigenvalue weighted by Gasteiger charge is 2.38. The molecule has 1 saturated heterocycles. The molecule has 142 valence electrons. The van der Waals surface area contributed by atoms with Crippen molar-refractivity contribution in [2.75, 3.05) is 13.1 Å². The Labute approximate surface area is 150 Å². The molecule has 3 rings (SSSR count). The quantitative estimate of drug-likeness (QED) is 0.868. The van der Waals surface area contributed by atoms with E-state index in [1.165, 1.54) is 12.1 Å². The Balaban J connectivity index is 1.45. The molecule has 0 spiro atoms. The van der Waals surface area contributed by atoms with Gasteiger partial charge in [-0.15, -0.1) is 0 Å². The molecule has 4 nitrogen and oxygen atoms in total. The van der Waals surface area contributed by atoms with Crippen molar-refractivity contribution in [2.45, 2.75) is 50.7 Å². The third kappa shape index (κ3) is 4.37. The van der Waals surface area contributed by atoms with Crippen LogP contribution in [0.4, 0.5) is 13.2 Å². The third-order valence-corrected chi connectivity index (χ3v) is 5.29. The standard InChI is InChI=1S/C19H23F3N2O2/c20-19(21,22)15-7-5-13(6-8-15)9-10-23-18(26)14-11-17(25)24(12-14)16-3-1-2-4-16/h5-8,14,16H,1-4,9-12H2,(H,23,26). The number of halogens is 3. The Bertz CT molecular complexity index is 652. The van der Waals surface area contributed by atoms with Gasteiger partial charge in [0.15, 0.2) is 0 Å². The maximum absolute atomic E-state index is 12.5. The summed E-state index contributed by atoms with van der Waals surface area (Å²) in [5.41, 5.74) is 0.0511. The monoisotopic (exact) mass is 368 g/mol. The Hall–Kier alpha value is -2.05. The van der Waals surface area contributed by atoms with Gasteiger partial charge >= 0.3 is 6.18 Å². The molecule has 2 aliphatic rings. The highest BCUT2D eigenvalue weighted by molar-refractivity contribution is 5.89. The molecule has 1 aromatic carbocycles. The van der Waals surface area contributed by atoms with Crippen LogP contribution in [0.1, 0.15) is 43.2 Å². The van der Waals surface area contributed by atoms with E-state index in [0.717, 1.165) is 43.4 Å². The van der Waals surface area contributed by atoms with Crippen molar-refractivity contribution in [1.29, 1.82) is 0 Å². The number of alkyl halides is 3. The zero-order valence-electron chi connectivity index (χ0n) is 14.5. The van der Waals surface area contributed by atoms with Gasteiger partial charge in [0.05, 0.1) is 11.5 Å². The van der Waals surface area contributed by atoms with Crippen LogP contribution in [0.3, 0.4) is 0 Å². The molecule has 7 heteroatoms. The zero-order chi connectivity index (χ0) is 18.7. The molecule has 1 aromatic rings. The first-order chi connectivity index (χ1) is 12.3. The van der Waals surface area contributed by atoms with Crippen LogP contribution in [-0.4, -0.2) is 35.8 Å². The number of hydrogen-bond acceptors (Lipinski definition) is 2. The summed E-state index contributed by atoms with van der Waals surface area (Å²) in [4.78, 5) is 26.3. The summed E-state index contributed by atoms with van der Waals surface area (Å²) in [5, 5.41) is 2.81. The van der Waals surface area contributed by atoms with E-state index in [1.54, 1.807) is 0 Å². The molecule has 1 N–H and O–H groups in total. The summed E-state index contributed by atoms with van der Waals surface area (Å²) in [5.74, 6) is -0.416. The number of carbonyl (C=O) groups is 2. The smallest absolute Gasteiger partial charge is 0.355 e. The fourth-order valence-corrected chi connectivity index (χ4v) is 3.81. The van der Waals surface area contributed by atoms with Crippen LogP contribution >= 0.6 is 0 Å². The van der Waals surface area contributed by atoms with Crippen molar-refractivity contribution < 1.29 is 22.8 Å². The van der Waals surface area contributed by atoms with Crippen LogP contribution in [0.2, 0.25) is 0 Å². The average molecular weight is 368 g/mol. The molecule has 1 heterocycles. The van der Waals surface area contributed by atoms with Gasteiger partial charge in [-0.2, -0.15) is 13.2 Å². The van der Waals surface area contributed by atoms with Crippen LogP contribution < -0.4 is 5.32 Å². The number of hydrogen-bond donors (Lipinski definition) is 1. The van der Waals surface area contributed by atoms with Crippen molar-refractivity contribution in [3.05, 3.63) is 35.4 Å². The first-order valence-corrected chi connectivity index (χ1v) is 9.08. The highest BCUT2D eigenvalue weighted by Crippen LogP contribution is 2.30. The van der Waals surface area contributed by atoms with Gasteiger partial charge < -0.3 is 10.2 Å². The fraction of sp³-hybridized carbons (Fsp3) is 0.579. The van der Waals surface area contributed by atoms with Crippen molar-refractivity contribution in [1.82, 2.24) is 10.2 Å². The van der Waals surface area contributed by atoms with Crippen LogP contribution in [0.15, 0.2) is 24.3 Å². The average Bonchev–Trinajstić information content (AvgIpc) is 3.23. The Kier molecular flexibility index (Phi) is 5.53. The molecule has 1 aliphatic heterocycles. The number of nitrogens with zero attached hydrogens (tertiary/aromatic N) is 1. The predicted octanol–water partition coefficient (Wildman–Crippen LogP) is 3.16. The lowest BCUT2D eigenvalue weighted by Gasteiger charge is -2.23. The minimum absolute atomic E-state index is 0.0554. The van der Waals surface area contributed by atoms with Gasteiger partial charge in [0, 0.05) is 25.6 Å². The van der Waals surface area contributed by atoms with Crippen LogP contribution in [0.25, 0.3) is 0 Å². The molecule has 26 heavy (non-hydrogen) atoms. The summed E-state index contributed by atoms with van der Waals surface area (Å²) in [6.07, 6.45) is 0.686. The summed E-state index contributed by atoms with van der Waals surface area (Å²) in [6.45, 7) is 0.827. The van der Waals surface area contributed by atoms with E-state index < -0.39 is 11.7 Å². The molecule has 1 unspecified atom stereocenters. The first-order valence-electron chi connectivity index (χ1n) is 9.08. The second kappa shape index (κ2) is 7.68. The number of rotatable bonds is 5. The van der Waals surface area contributed by atoms with Crippen LogP contribution in [0, 0.1) is 5.92 Å². The Morgan fingerprint density at radius 1 is 1.15 bits per heavy atom. The van der Waals surface area contributed by atoms with Crippen molar-refractivity contribution in [3.63, 3.8) is 0 Å². The topological polar surface area (TPSA) is 49.4 Å². The SMILES string of the molecule is O=C(NCCc1ccc(C(F)(F)F)cc1)C1CC(=O)N(C2CCCC2)C1. The van der Waals surface area contributed by atoms with Gasteiger partial charge in [-0.1, -0.05) is 25.0 Å². The van der Waals surface area contributed by atoms with Crippen LogP contribution in [0.5, 0.6) is 0 Å². The lowest BCUT2D eigenvalue weighted by atomic mass is 10.1. The van der Waals surface area contributed by atoms with Gasteiger partial charge in [-0.05, 0) is 37.0 Å². The molecule has 2 amide bonds. The lowest BCUT2D eigenvalue weighted by Crippen LogP contribution is -2.37. The number of likely N-dealkylation sites (tertiary alicyclic amines) is 1. The number of carbonyl (C=O) groups excluding carboxylic acids is 2. The lowest BCUT2D eigenvalue weighted by molar-refractivity contribution is -0.137. The number of nitrogens with one attached hydrogen (secondary N) is 1. The molecular weight excluding hydrogens is 345 g/mol. The van der Waals surface area contributed by atoms with Gasteiger partial charge in [0.1, 0.15) is 0 Å². The maximum Gasteiger partial charge on any atom is 0.416 e. The number of benzene rings is 1. The normalized spacial score (nSPS) is 21.4. The maximum atomic E-state index is 12.5. The second-order valence-electron chi connectivity index (χ2n) is 7.12. The second-order valence-corrected chi connectivity index (χ2v) is 7.12. The van der Waals surface area contributed by atoms with E-state index in [0.29, 0.717) is 19.5 Å². The molecule has 0 bridgehead atoms. The van der Waals surface area contributed by atoms with Crippen molar-refractivity contribution >= 4 is 11.8 Å². The summed E-state index contributed by atoms with van der Waals surface area (Å²) in [6, 6.07) is 5.23. The minimum atomic E-state index is -4.34. The van der Waals surface area contributed by atoms with E-state index >= 15 is 0 Å². The van der Waals surface area contributed by atoms with E-state index in [-0.39, 0.29) is 30.2 Å². The van der Waals surface area contributed by atoms with E-state index in [2.05, 4.69) is 5.32 Å². The number of amides is 2. The molecule has 0 radical (unpaired) electrons. The molecule has 1 atom stereocenters. The van der Waals surface area contributed by atoms with Gasteiger partial charge in [-0.3, -0.25) is 9.59 Å². The Morgan fingerprint density at radius 3 is 2.42 bits per heavy atom. The summed E-state index contributed by atoms with van der Waals surface area (Å²) < 4.78 is 37.6. The molecular formula is C19H23F3N2O2. The third-order valence-electron chi connectivity index (χ3n) is 5.29. The Morgan fingerprint density at radius 2 is 1.81 bits per heavy atom. The van der Waals surface area contributed by atoms with Gasteiger partial charge in [-0.25, -0.2) is 0 Å². The first kappa shape index (κ1) is 18.7. The highest BCUT2D eigenvalue weighted by atomic mass is 19.4. The summed E-state index contributed by atoms with van der Waals surface area (Å²) >= 11 is 0. The molecule has 1 saturated carbocycles. The van der Waals surface area contributed by atoms with E-state index in [1.807, 2.05) is 4.90 Å². The van der Waals surface area contributed by atoms with E-state index in [4.69, 9.17) is 0 Å². The van der Waals surface area contributed by atoms with Crippen molar-refractivity contribution in [2.24, 2.45) is 5.92 Å².